The third-order valence-electron chi connectivity index (χ3n) is 2.87. The zero-order chi connectivity index (χ0) is 12.2. The summed E-state index contributed by atoms with van der Waals surface area (Å²) in [6.07, 6.45) is 1.07. The number of nitrogens with zero attached hydrogens (tertiary/aromatic N) is 3. The van der Waals surface area contributed by atoms with Gasteiger partial charge in [0.1, 0.15) is 0 Å². The Balaban J connectivity index is 2.32. The molecule has 1 aliphatic heterocycles. The second-order valence-electron chi connectivity index (χ2n) is 4.68. The predicted molar refractivity (Wildman–Crippen MR) is 59.5 cm³/mol. The molecule has 0 aromatic carbocycles. The summed E-state index contributed by atoms with van der Waals surface area (Å²) in [4.78, 5) is 15.2. The Kier molecular flexibility index (Phi) is 4.27. The molecular weight excluding hydrogens is 206 g/mol. The fourth-order valence-corrected chi connectivity index (χ4v) is 1.83. The van der Waals surface area contributed by atoms with Gasteiger partial charge in [-0.25, -0.2) is 0 Å². The molecule has 1 fully saturated rings. The van der Waals surface area contributed by atoms with Crippen molar-refractivity contribution in [3.63, 3.8) is 0 Å². The van der Waals surface area contributed by atoms with E-state index in [-0.39, 0.29) is 5.91 Å². The van der Waals surface area contributed by atoms with Gasteiger partial charge >= 0.3 is 0 Å². The molecule has 1 amide bonds. The normalized spacial score (nSPS) is 25.4. The Hall–Kier alpha value is -1.12. The lowest BCUT2D eigenvalue weighted by atomic mass is 10.1. The molecule has 1 rings (SSSR count). The van der Waals surface area contributed by atoms with Gasteiger partial charge in [0.25, 0.3) is 0 Å². The predicted octanol–water partition coefficient (Wildman–Crippen LogP) is -0.185. The van der Waals surface area contributed by atoms with Crippen LogP contribution in [0.3, 0.4) is 0 Å². The minimum absolute atomic E-state index is 0.00736. The lowest BCUT2D eigenvalue weighted by molar-refractivity contribution is -0.130. The second kappa shape index (κ2) is 5.28. The molecule has 5 heteroatoms. The first kappa shape index (κ1) is 12.9. The van der Waals surface area contributed by atoms with Crippen molar-refractivity contribution < 1.29 is 9.90 Å². The monoisotopic (exact) mass is 225 g/mol. The molecule has 90 valence electrons. The van der Waals surface area contributed by atoms with Crippen molar-refractivity contribution in [1.82, 2.24) is 9.80 Å². The van der Waals surface area contributed by atoms with E-state index in [0.717, 1.165) is 6.54 Å². The highest BCUT2D eigenvalue weighted by atomic mass is 16.3. The molecule has 0 saturated carbocycles. The average Bonchev–Trinajstić information content (AvgIpc) is 2.54. The number of rotatable bonds is 4. The van der Waals surface area contributed by atoms with Crippen molar-refractivity contribution in [3.8, 4) is 6.07 Å². The minimum atomic E-state index is -0.661. The molecule has 1 N–H and O–H groups in total. The SMILES string of the molecule is CN(CCC#N)C(=O)CN1CCC(C)(O)C1. The lowest BCUT2D eigenvalue weighted by Crippen LogP contribution is -2.39. The molecule has 0 radical (unpaired) electrons. The Morgan fingerprint density at radius 2 is 2.38 bits per heavy atom. The number of aliphatic hydroxyl groups is 1. The van der Waals surface area contributed by atoms with Crippen LogP contribution in [0, 0.1) is 11.3 Å². The Bertz CT molecular complexity index is 296. The number of carbonyl (C=O) groups is 1. The number of carbonyl (C=O) groups excluding carboxylic acids is 1. The second-order valence-corrected chi connectivity index (χ2v) is 4.68. The van der Waals surface area contributed by atoms with Crippen LogP contribution in [0.5, 0.6) is 0 Å². The summed E-state index contributed by atoms with van der Waals surface area (Å²) in [6, 6.07) is 2.01. The van der Waals surface area contributed by atoms with Crippen LogP contribution in [-0.2, 0) is 4.79 Å². The van der Waals surface area contributed by atoms with Gasteiger partial charge in [-0.3, -0.25) is 9.69 Å². The molecule has 1 aliphatic rings. The van der Waals surface area contributed by atoms with Gasteiger partial charge in [0.2, 0.25) is 5.91 Å². The number of β-amino-alcohol motifs (C(OH)–C–C–N with tert-alkyl or cyclic N) is 1. The quantitative estimate of drug-likeness (QED) is 0.720. The highest BCUT2D eigenvalue weighted by Crippen LogP contribution is 2.19. The Morgan fingerprint density at radius 3 is 2.88 bits per heavy atom. The van der Waals surface area contributed by atoms with Crippen LogP contribution in [0.2, 0.25) is 0 Å². The number of likely N-dealkylation sites (N-methyl/N-ethyl adjacent to an activating group) is 1. The van der Waals surface area contributed by atoms with Crippen LogP contribution in [0.1, 0.15) is 19.8 Å². The van der Waals surface area contributed by atoms with E-state index in [0.29, 0.717) is 32.5 Å². The minimum Gasteiger partial charge on any atom is -0.389 e. The zero-order valence-electron chi connectivity index (χ0n) is 9.94. The molecule has 0 aromatic heterocycles. The highest BCUT2D eigenvalue weighted by Gasteiger charge is 2.32. The van der Waals surface area contributed by atoms with Crippen LogP contribution >= 0.6 is 0 Å². The number of likely N-dealkylation sites (tertiary alicyclic amines) is 1. The van der Waals surface area contributed by atoms with E-state index >= 15 is 0 Å². The van der Waals surface area contributed by atoms with Crippen LogP contribution < -0.4 is 0 Å². The summed E-state index contributed by atoms with van der Waals surface area (Å²) >= 11 is 0. The standard InChI is InChI=1S/C11H19N3O2/c1-11(16)4-7-14(9-11)8-10(15)13(2)6-3-5-12/h16H,3-4,6-9H2,1-2H3. The van der Waals surface area contributed by atoms with Crippen molar-refractivity contribution >= 4 is 5.91 Å². The Labute approximate surface area is 96.3 Å². The first-order valence-electron chi connectivity index (χ1n) is 5.50. The molecule has 5 nitrogen and oxygen atoms in total. The largest absolute Gasteiger partial charge is 0.389 e. The van der Waals surface area contributed by atoms with Gasteiger partial charge in [0, 0.05) is 26.7 Å². The van der Waals surface area contributed by atoms with Gasteiger partial charge in [0.05, 0.1) is 24.6 Å². The molecule has 1 saturated heterocycles. The van der Waals surface area contributed by atoms with E-state index in [1.54, 1.807) is 18.9 Å². The molecular formula is C11H19N3O2. The number of nitriles is 1. The fraction of sp³-hybridized carbons (Fsp3) is 0.818. The van der Waals surface area contributed by atoms with Crippen molar-refractivity contribution in [1.29, 1.82) is 5.26 Å². The summed E-state index contributed by atoms with van der Waals surface area (Å²) in [6.45, 7) is 3.89. The molecule has 1 unspecified atom stereocenters. The highest BCUT2D eigenvalue weighted by molar-refractivity contribution is 5.78. The van der Waals surface area contributed by atoms with E-state index in [1.165, 1.54) is 0 Å². The molecule has 1 atom stereocenters. The number of amides is 1. The topological polar surface area (TPSA) is 67.6 Å². The zero-order valence-corrected chi connectivity index (χ0v) is 9.94. The summed E-state index contributed by atoms with van der Waals surface area (Å²) < 4.78 is 0. The van der Waals surface area contributed by atoms with E-state index in [9.17, 15) is 9.90 Å². The summed E-state index contributed by atoms with van der Waals surface area (Å²) in [7, 11) is 1.70. The molecule has 0 aromatic rings. The molecule has 0 aliphatic carbocycles. The maximum Gasteiger partial charge on any atom is 0.236 e. The van der Waals surface area contributed by atoms with Gasteiger partial charge in [-0.1, -0.05) is 0 Å². The van der Waals surface area contributed by atoms with Gasteiger partial charge in [-0.15, -0.1) is 0 Å². The molecule has 0 spiro atoms. The summed E-state index contributed by atoms with van der Waals surface area (Å²) in [5, 5.41) is 18.2. The summed E-state index contributed by atoms with van der Waals surface area (Å²) in [5.41, 5.74) is -0.661. The molecule has 1 heterocycles. The van der Waals surface area contributed by atoms with E-state index in [4.69, 9.17) is 5.26 Å². The van der Waals surface area contributed by atoms with Gasteiger partial charge in [-0.2, -0.15) is 5.26 Å². The molecule has 16 heavy (non-hydrogen) atoms. The van der Waals surface area contributed by atoms with Crippen molar-refractivity contribution in [2.75, 3.05) is 33.2 Å². The van der Waals surface area contributed by atoms with Crippen LogP contribution in [0.4, 0.5) is 0 Å². The van der Waals surface area contributed by atoms with Gasteiger partial charge in [0.15, 0.2) is 0 Å². The molecule has 0 bridgehead atoms. The smallest absolute Gasteiger partial charge is 0.236 e. The van der Waals surface area contributed by atoms with Crippen molar-refractivity contribution in [3.05, 3.63) is 0 Å². The first-order valence-corrected chi connectivity index (χ1v) is 5.50. The van der Waals surface area contributed by atoms with Gasteiger partial charge in [-0.05, 0) is 13.3 Å². The average molecular weight is 225 g/mol. The van der Waals surface area contributed by atoms with E-state index < -0.39 is 5.60 Å². The van der Waals surface area contributed by atoms with Crippen molar-refractivity contribution in [2.45, 2.75) is 25.4 Å². The number of hydrogen-bond donors (Lipinski definition) is 1. The first-order chi connectivity index (χ1) is 7.44. The number of hydrogen-bond acceptors (Lipinski definition) is 4. The lowest BCUT2D eigenvalue weighted by Gasteiger charge is -2.21. The fourth-order valence-electron chi connectivity index (χ4n) is 1.83. The van der Waals surface area contributed by atoms with E-state index in [1.807, 2.05) is 11.0 Å². The Morgan fingerprint density at radius 1 is 1.69 bits per heavy atom. The van der Waals surface area contributed by atoms with Crippen LogP contribution in [-0.4, -0.2) is 59.6 Å². The maximum atomic E-state index is 11.7. The van der Waals surface area contributed by atoms with Gasteiger partial charge < -0.3 is 10.0 Å². The third kappa shape index (κ3) is 3.80. The van der Waals surface area contributed by atoms with Crippen molar-refractivity contribution in [2.24, 2.45) is 0 Å². The van der Waals surface area contributed by atoms with Crippen LogP contribution in [0.25, 0.3) is 0 Å². The summed E-state index contributed by atoms with van der Waals surface area (Å²) in [5.74, 6) is 0.00736. The van der Waals surface area contributed by atoms with E-state index in [2.05, 4.69) is 0 Å². The maximum absolute atomic E-state index is 11.7. The third-order valence-corrected chi connectivity index (χ3v) is 2.87. The van der Waals surface area contributed by atoms with Crippen LogP contribution in [0.15, 0.2) is 0 Å².